The van der Waals surface area contributed by atoms with Crippen LogP contribution in [0, 0.1) is 0 Å². The molecule has 2 atom stereocenters. The third-order valence-electron chi connectivity index (χ3n) is 6.99. The molecule has 0 aliphatic carbocycles. The summed E-state index contributed by atoms with van der Waals surface area (Å²) in [4.78, 5) is 13.6. The Morgan fingerprint density at radius 1 is 0.949 bits per heavy atom. The highest BCUT2D eigenvalue weighted by Gasteiger charge is 2.48. The molecule has 11 heteroatoms. The number of ether oxygens (including phenoxy) is 1. The number of halogens is 6. The number of rotatable bonds is 8. The molecule has 0 spiro atoms. The van der Waals surface area contributed by atoms with E-state index in [4.69, 9.17) is 4.74 Å². The second-order valence-electron chi connectivity index (χ2n) is 9.71. The van der Waals surface area contributed by atoms with Crippen molar-refractivity contribution in [3.63, 3.8) is 0 Å². The largest absolute Gasteiger partial charge is 0.450 e. The smallest absolute Gasteiger partial charge is 0.416 e. The summed E-state index contributed by atoms with van der Waals surface area (Å²) in [7, 11) is 0. The lowest BCUT2D eigenvalue weighted by Gasteiger charge is -2.35. The first-order valence-electron chi connectivity index (χ1n) is 12.8. The maximum Gasteiger partial charge on any atom is 0.416 e. The first-order chi connectivity index (χ1) is 18.4. The monoisotopic (exact) mass is 553 g/mol. The molecule has 1 N–H and O–H groups in total. The maximum absolute atomic E-state index is 14.0. The number of hydrogen-bond acceptors (Lipinski definition) is 4. The molecule has 2 aromatic carbocycles. The van der Waals surface area contributed by atoms with Crippen LogP contribution in [-0.2, 0) is 16.5 Å². The van der Waals surface area contributed by atoms with Crippen molar-refractivity contribution >= 4 is 11.8 Å². The van der Waals surface area contributed by atoms with Crippen LogP contribution in [-0.4, -0.2) is 21.9 Å². The summed E-state index contributed by atoms with van der Waals surface area (Å²) in [6.45, 7) is 3.70. The number of carbonyl (C=O) groups excluding carboxylic acids is 1. The van der Waals surface area contributed by atoms with E-state index in [0.717, 1.165) is 23.0 Å². The highest BCUT2D eigenvalue weighted by molar-refractivity contribution is 5.95. The van der Waals surface area contributed by atoms with Gasteiger partial charge in [-0.05, 0) is 36.1 Å². The third kappa shape index (κ3) is 5.91. The predicted molar refractivity (Wildman–Crippen MR) is 133 cm³/mol. The predicted octanol–water partition coefficient (Wildman–Crippen LogP) is 8.21. The van der Waals surface area contributed by atoms with E-state index in [2.05, 4.69) is 10.4 Å². The van der Waals surface area contributed by atoms with Crippen LogP contribution in [0.5, 0.6) is 0 Å². The number of benzene rings is 2. The van der Waals surface area contributed by atoms with Gasteiger partial charge in [0.2, 0.25) is 0 Å². The molecule has 4 rings (SSSR count). The molecule has 0 fully saturated rings. The highest BCUT2D eigenvalue weighted by Crippen LogP contribution is 2.45. The number of anilines is 1. The first kappa shape index (κ1) is 28.5. The lowest BCUT2D eigenvalue weighted by Crippen LogP contribution is -2.36. The van der Waals surface area contributed by atoms with Crippen LogP contribution >= 0.6 is 0 Å². The van der Waals surface area contributed by atoms with Gasteiger partial charge in [0.15, 0.2) is 6.04 Å². The fourth-order valence-corrected chi connectivity index (χ4v) is 5.19. The molecular formula is C28H29F6N3O2. The van der Waals surface area contributed by atoms with Gasteiger partial charge in [-0.1, -0.05) is 69.2 Å². The lowest BCUT2D eigenvalue weighted by molar-refractivity contribution is -0.173. The van der Waals surface area contributed by atoms with Gasteiger partial charge in [0.1, 0.15) is 17.0 Å². The standard InChI is InChI=1S/C28H29F6N3O2/c1-3-14-26(15-4-2,19-10-12-20(13-11-19)27(29,30)31)39-25(38)21-17-35-37-23(28(32,33)34)16-22(36-24(21)37)18-8-6-5-7-9-18/h5-13,17,22-23,36H,3-4,14-16H2,1-2H3/t22-,23+/m0/s1. The molecule has 0 bridgehead atoms. The summed E-state index contributed by atoms with van der Waals surface area (Å²) in [5.41, 5.74) is -1.27. The Morgan fingerprint density at radius 2 is 1.54 bits per heavy atom. The van der Waals surface area contributed by atoms with Gasteiger partial charge in [-0.25, -0.2) is 9.48 Å². The second kappa shape index (κ2) is 10.9. The van der Waals surface area contributed by atoms with Gasteiger partial charge in [-0.2, -0.15) is 31.4 Å². The topological polar surface area (TPSA) is 56.1 Å². The molecule has 5 nitrogen and oxygen atoms in total. The van der Waals surface area contributed by atoms with Crippen molar-refractivity contribution in [2.24, 2.45) is 0 Å². The number of nitrogens with zero attached hydrogens (tertiary/aromatic N) is 2. The number of nitrogens with one attached hydrogen (secondary N) is 1. The average Bonchev–Trinajstić information content (AvgIpc) is 3.32. The summed E-state index contributed by atoms with van der Waals surface area (Å²) in [5.74, 6) is -1.02. The Bertz CT molecular complexity index is 1260. The zero-order valence-corrected chi connectivity index (χ0v) is 21.4. The summed E-state index contributed by atoms with van der Waals surface area (Å²) < 4.78 is 88.4. The molecule has 39 heavy (non-hydrogen) atoms. The van der Waals surface area contributed by atoms with Gasteiger partial charge >= 0.3 is 18.3 Å². The van der Waals surface area contributed by atoms with Crippen molar-refractivity contribution in [1.29, 1.82) is 0 Å². The van der Waals surface area contributed by atoms with Gasteiger partial charge in [-0.3, -0.25) is 0 Å². The van der Waals surface area contributed by atoms with Crippen molar-refractivity contribution in [3.05, 3.63) is 83.0 Å². The Balaban J connectivity index is 1.72. The number of fused-ring (bicyclic) bond motifs is 1. The normalized spacial score (nSPS) is 17.8. The van der Waals surface area contributed by atoms with Gasteiger partial charge in [0.05, 0.1) is 17.8 Å². The molecule has 1 aliphatic heterocycles. The average molecular weight is 554 g/mol. The molecule has 3 aromatic rings. The molecule has 2 heterocycles. The number of aromatic nitrogens is 2. The van der Waals surface area contributed by atoms with Crippen molar-refractivity contribution in [2.75, 3.05) is 5.32 Å². The van der Waals surface area contributed by atoms with Crippen LogP contribution in [0.3, 0.4) is 0 Å². The fraction of sp³-hybridized carbons (Fsp3) is 0.429. The minimum absolute atomic E-state index is 0.114. The van der Waals surface area contributed by atoms with E-state index in [1.165, 1.54) is 12.1 Å². The molecule has 0 saturated heterocycles. The van der Waals surface area contributed by atoms with Crippen LogP contribution in [0.25, 0.3) is 0 Å². The third-order valence-corrected chi connectivity index (χ3v) is 6.99. The van der Waals surface area contributed by atoms with Crippen LogP contribution in [0.15, 0.2) is 60.8 Å². The SMILES string of the molecule is CCCC(CCC)(OC(=O)c1cnn2c1N[C@H](c1ccccc1)C[C@@H]2C(F)(F)F)c1ccc(C(F)(F)F)cc1. The molecule has 210 valence electrons. The van der Waals surface area contributed by atoms with Gasteiger partial charge < -0.3 is 10.1 Å². The molecule has 0 saturated carbocycles. The Morgan fingerprint density at radius 3 is 2.08 bits per heavy atom. The number of alkyl halides is 6. The van der Waals surface area contributed by atoms with Gasteiger partial charge in [0, 0.05) is 6.42 Å². The van der Waals surface area contributed by atoms with E-state index in [9.17, 15) is 31.1 Å². The highest BCUT2D eigenvalue weighted by atomic mass is 19.4. The molecule has 1 aliphatic rings. The zero-order chi connectivity index (χ0) is 28.4. The molecule has 0 radical (unpaired) electrons. The quantitative estimate of drug-likeness (QED) is 0.226. The summed E-state index contributed by atoms with van der Waals surface area (Å²) in [6, 6.07) is 10.3. The first-order valence-corrected chi connectivity index (χ1v) is 12.8. The van der Waals surface area contributed by atoms with Gasteiger partial charge in [0.25, 0.3) is 0 Å². The summed E-state index contributed by atoms with van der Waals surface area (Å²) >= 11 is 0. The van der Waals surface area contributed by atoms with Crippen molar-refractivity contribution in [3.8, 4) is 0 Å². The van der Waals surface area contributed by atoms with Crippen LogP contribution in [0.1, 0.15) is 85.1 Å². The van der Waals surface area contributed by atoms with E-state index in [0.29, 0.717) is 36.8 Å². The minimum atomic E-state index is -4.62. The Hall–Kier alpha value is -3.50. The van der Waals surface area contributed by atoms with E-state index >= 15 is 0 Å². The van der Waals surface area contributed by atoms with E-state index in [-0.39, 0.29) is 17.8 Å². The Labute approximate surface area is 222 Å². The van der Waals surface area contributed by atoms with E-state index < -0.39 is 41.6 Å². The minimum Gasteiger partial charge on any atom is -0.450 e. The second-order valence-corrected chi connectivity index (χ2v) is 9.71. The summed E-state index contributed by atoms with van der Waals surface area (Å²) in [6.07, 6.45) is -6.70. The summed E-state index contributed by atoms with van der Waals surface area (Å²) in [5, 5.41) is 6.93. The maximum atomic E-state index is 14.0. The lowest BCUT2D eigenvalue weighted by atomic mass is 9.84. The zero-order valence-electron chi connectivity index (χ0n) is 21.4. The Kier molecular flexibility index (Phi) is 7.99. The van der Waals surface area contributed by atoms with Crippen LogP contribution < -0.4 is 5.32 Å². The number of esters is 1. The molecule has 0 unspecified atom stereocenters. The van der Waals surface area contributed by atoms with Crippen molar-refractivity contribution in [2.45, 2.75) is 76.0 Å². The molecule has 1 aromatic heterocycles. The van der Waals surface area contributed by atoms with Crippen LogP contribution in [0.2, 0.25) is 0 Å². The van der Waals surface area contributed by atoms with Crippen molar-refractivity contribution in [1.82, 2.24) is 9.78 Å². The van der Waals surface area contributed by atoms with E-state index in [1.807, 2.05) is 13.8 Å². The number of carbonyl (C=O) groups is 1. The van der Waals surface area contributed by atoms with Crippen LogP contribution in [0.4, 0.5) is 32.2 Å². The molecule has 0 amide bonds. The fourth-order valence-electron chi connectivity index (χ4n) is 5.19. The van der Waals surface area contributed by atoms with E-state index in [1.54, 1.807) is 30.3 Å². The van der Waals surface area contributed by atoms with Crippen molar-refractivity contribution < 1.29 is 35.9 Å². The molecular weight excluding hydrogens is 524 g/mol. The number of hydrogen-bond donors (Lipinski definition) is 1. The van der Waals surface area contributed by atoms with Gasteiger partial charge in [-0.15, -0.1) is 0 Å².